The number of thiophene rings is 1. The first-order valence-electron chi connectivity index (χ1n) is 8.82. The first-order chi connectivity index (χ1) is 12.6. The molecule has 1 aromatic heterocycles. The predicted molar refractivity (Wildman–Crippen MR) is 98.5 cm³/mol. The first-order valence-corrected chi connectivity index (χ1v) is 9.70. The van der Waals surface area contributed by atoms with E-state index in [1.807, 2.05) is 17.5 Å². The molecule has 0 radical (unpaired) electrons. The zero-order valence-electron chi connectivity index (χ0n) is 14.5. The average molecular weight is 375 g/mol. The van der Waals surface area contributed by atoms with Crippen LogP contribution in [0.1, 0.15) is 36.1 Å². The molecule has 1 heterocycles. The Hall–Kier alpha value is -2.21. The van der Waals surface area contributed by atoms with Crippen LogP contribution in [0, 0.1) is 5.82 Å². The Balaban J connectivity index is 1.54. The zero-order valence-corrected chi connectivity index (χ0v) is 15.3. The van der Waals surface area contributed by atoms with Gasteiger partial charge in [-0.3, -0.25) is 9.59 Å². The first kappa shape index (κ1) is 18.6. The van der Waals surface area contributed by atoms with Gasteiger partial charge in [-0.15, -0.1) is 11.3 Å². The summed E-state index contributed by atoms with van der Waals surface area (Å²) >= 11 is 1.64. The van der Waals surface area contributed by atoms with Gasteiger partial charge >= 0.3 is 5.97 Å². The molecule has 26 heavy (non-hydrogen) atoms. The fourth-order valence-electron chi connectivity index (χ4n) is 3.48. The van der Waals surface area contributed by atoms with Crippen LogP contribution in [0.25, 0.3) is 0 Å². The van der Waals surface area contributed by atoms with Crippen molar-refractivity contribution in [2.24, 2.45) is 0 Å². The summed E-state index contributed by atoms with van der Waals surface area (Å²) in [7, 11) is 0. The molecule has 1 saturated carbocycles. The van der Waals surface area contributed by atoms with E-state index in [4.69, 9.17) is 4.74 Å². The average Bonchev–Trinajstić information content (AvgIpc) is 3.32. The lowest BCUT2D eigenvalue weighted by molar-refractivity contribution is -0.154. The molecule has 1 aliphatic rings. The van der Waals surface area contributed by atoms with Crippen molar-refractivity contribution in [3.63, 3.8) is 0 Å². The van der Waals surface area contributed by atoms with Crippen LogP contribution >= 0.6 is 11.3 Å². The fourth-order valence-corrected chi connectivity index (χ4v) is 4.18. The molecule has 1 aliphatic carbocycles. The monoisotopic (exact) mass is 375 g/mol. The molecule has 1 aromatic carbocycles. The molecule has 1 fully saturated rings. The largest absolute Gasteiger partial charge is 0.455 e. The number of benzene rings is 1. The zero-order chi connectivity index (χ0) is 18.4. The van der Waals surface area contributed by atoms with Crippen molar-refractivity contribution in [3.8, 4) is 0 Å². The minimum absolute atomic E-state index is 0.305. The van der Waals surface area contributed by atoms with Gasteiger partial charge in [0.2, 0.25) is 0 Å². The van der Waals surface area contributed by atoms with E-state index >= 15 is 0 Å². The summed E-state index contributed by atoms with van der Waals surface area (Å²) in [5, 5.41) is 4.75. The number of amides is 1. The van der Waals surface area contributed by atoms with Crippen LogP contribution in [0.2, 0.25) is 0 Å². The van der Waals surface area contributed by atoms with Crippen molar-refractivity contribution in [1.82, 2.24) is 5.32 Å². The Morgan fingerprint density at radius 1 is 1.19 bits per heavy atom. The van der Waals surface area contributed by atoms with Gasteiger partial charge in [-0.25, -0.2) is 4.39 Å². The Morgan fingerprint density at radius 2 is 2.00 bits per heavy atom. The molecule has 0 atom stereocenters. The Labute approximate surface area is 156 Å². The predicted octanol–water partition coefficient (Wildman–Crippen LogP) is 3.60. The number of ether oxygens (including phenoxy) is 1. The SMILES string of the molecule is O=C(COC(=O)C1(c2cccc(F)c2)CCCC1)NCCc1cccs1. The number of hydrogen-bond donors (Lipinski definition) is 1. The second-order valence-corrected chi connectivity index (χ2v) is 7.59. The van der Waals surface area contributed by atoms with Gasteiger partial charge in [0.1, 0.15) is 5.82 Å². The topological polar surface area (TPSA) is 55.4 Å². The van der Waals surface area contributed by atoms with Crippen molar-refractivity contribution < 1.29 is 18.7 Å². The summed E-state index contributed by atoms with van der Waals surface area (Å²) in [5.74, 6) is -1.12. The van der Waals surface area contributed by atoms with Gasteiger partial charge in [0.25, 0.3) is 5.91 Å². The van der Waals surface area contributed by atoms with Crippen LogP contribution in [0.15, 0.2) is 41.8 Å². The minimum atomic E-state index is -0.834. The number of rotatable bonds is 7. The van der Waals surface area contributed by atoms with E-state index < -0.39 is 11.4 Å². The fraction of sp³-hybridized carbons (Fsp3) is 0.400. The summed E-state index contributed by atoms with van der Waals surface area (Å²) in [4.78, 5) is 25.9. The van der Waals surface area contributed by atoms with Crippen molar-refractivity contribution in [2.45, 2.75) is 37.5 Å². The molecule has 1 N–H and O–H groups in total. The standard InChI is InChI=1S/C20H22FNO3S/c21-16-6-3-5-15(13-16)20(9-1-2-10-20)19(24)25-14-18(23)22-11-8-17-7-4-12-26-17/h3-7,12-13H,1-2,8-11,14H2,(H,22,23). The molecule has 0 unspecified atom stereocenters. The number of carbonyl (C=O) groups excluding carboxylic acids is 2. The summed E-state index contributed by atoms with van der Waals surface area (Å²) in [6.45, 7) is 0.201. The molecule has 6 heteroatoms. The molecule has 0 spiro atoms. The molecular weight excluding hydrogens is 353 g/mol. The number of halogens is 1. The third-order valence-electron chi connectivity index (χ3n) is 4.83. The summed E-state index contributed by atoms with van der Waals surface area (Å²) in [6.07, 6.45) is 3.77. The highest BCUT2D eigenvalue weighted by molar-refractivity contribution is 7.09. The van der Waals surface area contributed by atoms with Crippen molar-refractivity contribution in [3.05, 3.63) is 58.0 Å². The molecule has 0 aliphatic heterocycles. The molecule has 0 saturated heterocycles. The summed E-state index contributed by atoms with van der Waals surface area (Å²) < 4.78 is 18.9. The molecule has 3 rings (SSSR count). The van der Waals surface area contributed by atoms with E-state index in [0.29, 0.717) is 24.9 Å². The molecule has 1 amide bonds. The maximum atomic E-state index is 13.6. The Kier molecular flexibility index (Phi) is 6.04. The highest BCUT2D eigenvalue weighted by Gasteiger charge is 2.44. The van der Waals surface area contributed by atoms with Crippen molar-refractivity contribution in [2.75, 3.05) is 13.2 Å². The summed E-state index contributed by atoms with van der Waals surface area (Å²) in [5.41, 5.74) is -0.197. The van der Waals surface area contributed by atoms with E-state index in [1.54, 1.807) is 23.5 Å². The Bertz CT molecular complexity index is 754. The lowest BCUT2D eigenvalue weighted by atomic mass is 9.79. The van der Waals surface area contributed by atoms with Gasteiger partial charge in [0, 0.05) is 11.4 Å². The van der Waals surface area contributed by atoms with Crippen LogP contribution in [-0.4, -0.2) is 25.0 Å². The van der Waals surface area contributed by atoms with Crippen molar-refractivity contribution in [1.29, 1.82) is 0 Å². The quantitative estimate of drug-likeness (QED) is 0.753. The summed E-state index contributed by atoms with van der Waals surface area (Å²) in [6, 6.07) is 10.1. The van der Waals surface area contributed by atoms with E-state index in [0.717, 1.165) is 19.3 Å². The number of hydrogen-bond acceptors (Lipinski definition) is 4. The van der Waals surface area contributed by atoms with Gasteiger partial charge in [-0.1, -0.05) is 31.0 Å². The second kappa shape index (κ2) is 8.45. The number of carbonyl (C=O) groups is 2. The normalized spacial score (nSPS) is 15.6. The van der Waals surface area contributed by atoms with Crippen LogP contribution in [-0.2, 0) is 26.2 Å². The lowest BCUT2D eigenvalue weighted by Gasteiger charge is -2.27. The molecule has 4 nitrogen and oxygen atoms in total. The highest BCUT2D eigenvalue weighted by Crippen LogP contribution is 2.42. The van der Waals surface area contributed by atoms with Crippen LogP contribution in [0.4, 0.5) is 4.39 Å². The second-order valence-electron chi connectivity index (χ2n) is 6.56. The molecular formula is C20H22FNO3S. The molecule has 0 bridgehead atoms. The third-order valence-corrected chi connectivity index (χ3v) is 5.77. The van der Waals surface area contributed by atoms with Gasteiger partial charge < -0.3 is 10.1 Å². The minimum Gasteiger partial charge on any atom is -0.455 e. The smallest absolute Gasteiger partial charge is 0.317 e. The maximum Gasteiger partial charge on any atom is 0.317 e. The van der Waals surface area contributed by atoms with Gasteiger partial charge in [0.05, 0.1) is 5.41 Å². The third kappa shape index (κ3) is 4.30. The van der Waals surface area contributed by atoms with E-state index in [-0.39, 0.29) is 18.3 Å². The van der Waals surface area contributed by atoms with Crippen molar-refractivity contribution >= 4 is 23.2 Å². The van der Waals surface area contributed by atoms with Crippen LogP contribution in [0.5, 0.6) is 0 Å². The highest BCUT2D eigenvalue weighted by atomic mass is 32.1. The van der Waals surface area contributed by atoms with E-state index in [1.165, 1.54) is 17.0 Å². The van der Waals surface area contributed by atoms with E-state index in [9.17, 15) is 14.0 Å². The van der Waals surface area contributed by atoms with Gasteiger partial charge in [-0.05, 0) is 48.4 Å². The van der Waals surface area contributed by atoms with Gasteiger partial charge in [0.15, 0.2) is 6.61 Å². The van der Waals surface area contributed by atoms with E-state index in [2.05, 4.69) is 5.32 Å². The van der Waals surface area contributed by atoms with Crippen LogP contribution in [0.3, 0.4) is 0 Å². The van der Waals surface area contributed by atoms with Gasteiger partial charge in [-0.2, -0.15) is 0 Å². The number of esters is 1. The molecule has 2 aromatic rings. The Morgan fingerprint density at radius 3 is 2.69 bits per heavy atom. The lowest BCUT2D eigenvalue weighted by Crippen LogP contribution is -2.38. The maximum absolute atomic E-state index is 13.6. The van der Waals surface area contributed by atoms with Crippen LogP contribution < -0.4 is 5.32 Å². The molecule has 138 valence electrons. The number of nitrogens with one attached hydrogen (secondary N) is 1.